The van der Waals surface area contributed by atoms with Crippen molar-refractivity contribution in [2.24, 2.45) is 5.73 Å². The number of benzene rings is 4. The molecule has 7 heteroatoms. The van der Waals surface area contributed by atoms with E-state index in [4.69, 9.17) is 19.9 Å². The normalized spacial score (nSPS) is 14.2. The minimum absolute atomic E-state index is 0.0300. The van der Waals surface area contributed by atoms with Crippen molar-refractivity contribution >= 4 is 5.97 Å². The topological polar surface area (TPSA) is 94.6 Å². The number of rotatable bonds is 6. The number of ether oxygens (including phenoxy) is 3. The Morgan fingerprint density at radius 2 is 1.73 bits per heavy atom. The zero-order valence-corrected chi connectivity index (χ0v) is 19.6. The SMILES string of the molecule is N#CC1=C(N)Oc2cc(OC(=O)c3ccc(F)cc3)ccc2C1c1cccc(OCc2ccccc2)c1. The molecule has 6 nitrogen and oxygen atoms in total. The fourth-order valence-corrected chi connectivity index (χ4v) is 4.12. The highest BCUT2D eigenvalue weighted by Gasteiger charge is 2.31. The van der Waals surface area contributed by atoms with E-state index in [1.165, 1.54) is 24.3 Å². The molecule has 0 saturated carbocycles. The van der Waals surface area contributed by atoms with E-state index in [9.17, 15) is 14.4 Å². The Balaban J connectivity index is 1.42. The summed E-state index contributed by atoms with van der Waals surface area (Å²) in [5.74, 6) is -0.392. The Morgan fingerprint density at radius 1 is 0.946 bits per heavy atom. The Bertz CT molecular complexity index is 1530. The largest absolute Gasteiger partial charge is 0.489 e. The van der Waals surface area contributed by atoms with E-state index in [1.807, 2.05) is 54.6 Å². The van der Waals surface area contributed by atoms with Crippen LogP contribution in [0.4, 0.5) is 4.39 Å². The van der Waals surface area contributed by atoms with Crippen LogP contribution in [0.25, 0.3) is 0 Å². The van der Waals surface area contributed by atoms with Gasteiger partial charge in [-0.25, -0.2) is 9.18 Å². The van der Waals surface area contributed by atoms with Crippen molar-refractivity contribution in [3.63, 3.8) is 0 Å². The van der Waals surface area contributed by atoms with Crippen molar-refractivity contribution in [1.82, 2.24) is 0 Å². The Morgan fingerprint density at radius 3 is 2.49 bits per heavy atom. The van der Waals surface area contributed by atoms with E-state index in [2.05, 4.69) is 6.07 Å². The van der Waals surface area contributed by atoms with E-state index >= 15 is 0 Å². The molecule has 0 spiro atoms. The van der Waals surface area contributed by atoms with Gasteiger partial charge in [-0.1, -0.05) is 48.5 Å². The summed E-state index contributed by atoms with van der Waals surface area (Å²) < 4.78 is 30.3. The highest BCUT2D eigenvalue weighted by molar-refractivity contribution is 5.91. The molecule has 37 heavy (non-hydrogen) atoms. The van der Waals surface area contributed by atoms with Gasteiger partial charge in [0.2, 0.25) is 5.88 Å². The maximum Gasteiger partial charge on any atom is 0.343 e. The number of nitrogens with zero attached hydrogens (tertiary/aromatic N) is 1. The number of hydrogen-bond donors (Lipinski definition) is 1. The standard InChI is InChI=1S/C30H21FN2O4/c31-22-11-9-20(10-12-22)30(34)36-24-13-14-25-27(16-24)37-29(33)26(17-32)28(25)21-7-4-8-23(15-21)35-18-19-5-2-1-3-6-19/h1-16,28H,18,33H2. The minimum atomic E-state index is -0.642. The second-order valence-corrected chi connectivity index (χ2v) is 8.37. The van der Waals surface area contributed by atoms with Crippen LogP contribution >= 0.6 is 0 Å². The van der Waals surface area contributed by atoms with Gasteiger partial charge in [0.1, 0.15) is 41.3 Å². The van der Waals surface area contributed by atoms with Gasteiger partial charge in [-0.15, -0.1) is 0 Å². The van der Waals surface area contributed by atoms with Crippen LogP contribution in [0.2, 0.25) is 0 Å². The van der Waals surface area contributed by atoms with Gasteiger partial charge in [-0.2, -0.15) is 5.26 Å². The Hall–Kier alpha value is -5.09. The number of fused-ring (bicyclic) bond motifs is 1. The first-order valence-electron chi connectivity index (χ1n) is 11.5. The number of allylic oxidation sites excluding steroid dienone is 1. The number of nitrogens with two attached hydrogens (primary N) is 1. The third-order valence-corrected chi connectivity index (χ3v) is 5.92. The van der Waals surface area contributed by atoms with Crippen LogP contribution in [0.3, 0.4) is 0 Å². The van der Waals surface area contributed by atoms with Crippen molar-refractivity contribution in [3.8, 4) is 23.3 Å². The molecule has 0 aliphatic carbocycles. The molecule has 1 atom stereocenters. The summed E-state index contributed by atoms with van der Waals surface area (Å²) in [4.78, 5) is 12.5. The fraction of sp³-hybridized carbons (Fsp3) is 0.0667. The van der Waals surface area contributed by atoms with Crippen LogP contribution < -0.4 is 19.9 Å². The van der Waals surface area contributed by atoms with Crippen molar-refractivity contribution in [1.29, 1.82) is 5.26 Å². The smallest absolute Gasteiger partial charge is 0.343 e. The van der Waals surface area contributed by atoms with Crippen molar-refractivity contribution in [2.45, 2.75) is 12.5 Å². The molecule has 4 aromatic carbocycles. The first kappa shape index (κ1) is 23.6. The van der Waals surface area contributed by atoms with E-state index < -0.39 is 17.7 Å². The highest BCUT2D eigenvalue weighted by Crippen LogP contribution is 2.44. The molecule has 4 aromatic rings. The zero-order chi connectivity index (χ0) is 25.8. The second-order valence-electron chi connectivity index (χ2n) is 8.37. The monoisotopic (exact) mass is 492 g/mol. The van der Waals surface area contributed by atoms with Crippen LogP contribution in [-0.2, 0) is 6.61 Å². The van der Waals surface area contributed by atoms with E-state index in [1.54, 1.807) is 18.2 Å². The van der Waals surface area contributed by atoms with E-state index in [0.717, 1.165) is 11.1 Å². The summed E-state index contributed by atoms with van der Waals surface area (Å²) in [5, 5.41) is 9.86. The molecule has 0 bridgehead atoms. The summed E-state index contributed by atoms with van der Waals surface area (Å²) in [7, 11) is 0. The maximum absolute atomic E-state index is 13.2. The summed E-state index contributed by atoms with van der Waals surface area (Å²) in [6.07, 6.45) is 0. The number of halogens is 1. The molecular weight excluding hydrogens is 471 g/mol. The predicted octanol–water partition coefficient (Wildman–Crippen LogP) is 5.84. The highest BCUT2D eigenvalue weighted by atomic mass is 19.1. The third-order valence-electron chi connectivity index (χ3n) is 5.92. The number of nitriles is 1. The molecule has 2 N–H and O–H groups in total. The quantitative estimate of drug-likeness (QED) is 0.268. The maximum atomic E-state index is 13.2. The lowest BCUT2D eigenvalue weighted by atomic mass is 9.83. The lowest BCUT2D eigenvalue weighted by molar-refractivity contribution is 0.0734. The number of esters is 1. The number of carbonyl (C=O) groups excluding carboxylic acids is 1. The van der Waals surface area contributed by atoms with Crippen LogP contribution in [0.15, 0.2) is 109 Å². The first-order valence-corrected chi connectivity index (χ1v) is 11.5. The fourth-order valence-electron chi connectivity index (χ4n) is 4.12. The summed E-state index contributed by atoms with van der Waals surface area (Å²) in [6, 6.07) is 29.4. The van der Waals surface area contributed by atoms with Gasteiger partial charge >= 0.3 is 5.97 Å². The lowest BCUT2D eigenvalue weighted by Crippen LogP contribution is -2.21. The second kappa shape index (κ2) is 10.3. The first-order chi connectivity index (χ1) is 18.0. The van der Waals surface area contributed by atoms with E-state index in [-0.39, 0.29) is 22.8 Å². The van der Waals surface area contributed by atoms with Gasteiger partial charge in [-0.3, -0.25) is 0 Å². The molecule has 0 aromatic heterocycles. The lowest BCUT2D eigenvalue weighted by Gasteiger charge is -2.27. The summed E-state index contributed by atoms with van der Waals surface area (Å²) >= 11 is 0. The molecule has 1 aliphatic heterocycles. The molecule has 1 unspecified atom stereocenters. The minimum Gasteiger partial charge on any atom is -0.489 e. The zero-order valence-electron chi connectivity index (χ0n) is 19.6. The van der Waals surface area contributed by atoms with Crippen molar-refractivity contribution in [2.75, 3.05) is 0 Å². The Labute approximate surface area is 212 Å². The molecule has 0 fully saturated rings. The van der Waals surface area contributed by atoms with Gasteiger partial charge < -0.3 is 19.9 Å². The molecule has 0 amide bonds. The molecule has 1 heterocycles. The summed E-state index contributed by atoms with van der Waals surface area (Å²) in [5.41, 5.74) is 9.11. The van der Waals surface area contributed by atoms with Crippen molar-refractivity contribution < 1.29 is 23.4 Å². The van der Waals surface area contributed by atoms with Crippen LogP contribution in [-0.4, -0.2) is 5.97 Å². The molecule has 1 aliphatic rings. The van der Waals surface area contributed by atoms with Gasteiger partial charge in [0.15, 0.2) is 0 Å². The van der Waals surface area contributed by atoms with Crippen molar-refractivity contribution in [3.05, 3.63) is 137 Å². The molecule has 0 saturated heterocycles. The van der Waals surface area contributed by atoms with Gasteiger partial charge in [0, 0.05) is 11.6 Å². The average Bonchev–Trinajstić information content (AvgIpc) is 2.92. The van der Waals surface area contributed by atoms with Crippen LogP contribution in [0.1, 0.15) is 33.0 Å². The molecule has 0 radical (unpaired) electrons. The van der Waals surface area contributed by atoms with Crippen LogP contribution in [0.5, 0.6) is 17.2 Å². The number of carbonyl (C=O) groups is 1. The summed E-state index contributed by atoms with van der Waals surface area (Å²) in [6.45, 7) is 0.403. The molecule has 182 valence electrons. The number of hydrogen-bond acceptors (Lipinski definition) is 6. The Kier molecular flexibility index (Phi) is 6.56. The van der Waals surface area contributed by atoms with Gasteiger partial charge in [-0.05, 0) is 53.6 Å². The molecular formula is C30H21FN2O4. The third kappa shape index (κ3) is 5.14. The van der Waals surface area contributed by atoms with Gasteiger partial charge in [0.05, 0.1) is 11.5 Å². The van der Waals surface area contributed by atoms with Crippen LogP contribution in [0, 0.1) is 17.1 Å². The van der Waals surface area contributed by atoms with Gasteiger partial charge in [0.25, 0.3) is 0 Å². The predicted molar refractivity (Wildman–Crippen MR) is 134 cm³/mol. The van der Waals surface area contributed by atoms with E-state index in [0.29, 0.717) is 23.7 Å². The average molecular weight is 493 g/mol. The molecule has 5 rings (SSSR count).